The Morgan fingerprint density at radius 1 is 1.39 bits per heavy atom. The zero-order valence-corrected chi connectivity index (χ0v) is 13.4. The molecule has 0 N–H and O–H groups in total. The van der Waals surface area contributed by atoms with Gasteiger partial charge in [0.05, 0.1) is 26.2 Å². The minimum Gasteiger partial charge on any atom is -0.497 e. The van der Waals surface area contributed by atoms with Gasteiger partial charge >= 0.3 is 0 Å². The van der Waals surface area contributed by atoms with Gasteiger partial charge in [-0.1, -0.05) is 12.1 Å². The van der Waals surface area contributed by atoms with Crippen LogP contribution in [0.4, 0.5) is 0 Å². The Kier molecular flexibility index (Phi) is 4.81. The third kappa shape index (κ3) is 3.64. The number of rotatable bonds is 4. The molecule has 1 aromatic rings. The molecule has 0 aromatic heterocycles. The summed E-state index contributed by atoms with van der Waals surface area (Å²) in [5, 5.41) is 0. The maximum atomic E-state index is 12.4. The van der Waals surface area contributed by atoms with Crippen molar-refractivity contribution in [3.8, 4) is 5.75 Å². The van der Waals surface area contributed by atoms with Gasteiger partial charge in [-0.3, -0.25) is 9.59 Å². The SMILES string of the molecule is COc1cccc(CN2CCN(C(=O)[C@H]3CCOC3)CC2=O)c1. The largest absolute Gasteiger partial charge is 0.497 e. The highest BCUT2D eigenvalue weighted by Crippen LogP contribution is 2.19. The van der Waals surface area contributed by atoms with Crippen LogP contribution in [0.3, 0.4) is 0 Å². The van der Waals surface area contributed by atoms with E-state index >= 15 is 0 Å². The average molecular weight is 318 g/mol. The normalized spacial score (nSPS) is 21.6. The van der Waals surface area contributed by atoms with Crippen molar-refractivity contribution in [1.29, 1.82) is 0 Å². The molecule has 0 bridgehead atoms. The Balaban J connectivity index is 1.58. The maximum Gasteiger partial charge on any atom is 0.242 e. The molecule has 3 rings (SSSR count). The van der Waals surface area contributed by atoms with Crippen molar-refractivity contribution in [1.82, 2.24) is 9.80 Å². The molecule has 2 fully saturated rings. The van der Waals surface area contributed by atoms with Crippen LogP contribution in [0.15, 0.2) is 24.3 Å². The minimum absolute atomic E-state index is 0.00802. The van der Waals surface area contributed by atoms with Gasteiger partial charge in [-0.15, -0.1) is 0 Å². The Hall–Kier alpha value is -2.08. The molecule has 0 unspecified atom stereocenters. The molecular weight excluding hydrogens is 296 g/mol. The highest BCUT2D eigenvalue weighted by Gasteiger charge is 2.32. The number of carbonyl (C=O) groups excluding carboxylic acids is 2. The number of amides is 2. The van der Waals surface area contributed by atoms with E-state index in [0.717, 1.165) is 17.7 Å². The summed E-state index contributed by atoms with van der Waals surface area (Å²) in [6.45, 7) is 2.99. The fourth-order valence-corrected chi connectivity index (χ4v) is 3.04. The van der Waals surface area contributed by atoms with Gasteiger partial charge in [0.25, 0.3) is 0 Å². The van der Waals surface area contributed by atoms with E-state index in [9.17, 15) is 9.59 Å². The molecule has 0 radical (unpaired) electrons. The lowest BCUT2D eigenvalue weighted by molar-refractivity contribution is -0.148. The summed E-state index contributed by atoms with van der Waals surface area (Å²) in [7, 11) is 1.63. The van der Waals surface area contributed by atoms with Crippen LogP contribution in [0.2, 0.25) is 0 Å². The summed E-state index contributed by atoms with van der Waals surface area (Å²) >= 11 is 0. The van der Waals surface area contributed by atoms with E-state index < -0.39 is 0 Å². The number of methoxy groups -OCH3 is 1. The van der Waals surface area contributed by atoms with Crippen molar-refractivity contribution in [2.75, 3.05) is 40.0 Å². The molecule has 2 heterocycles. The summed E-state index contributed by atoms with van der Waals surface area (Å²) in [5.74, 6) is 0.751. The Labute approximate surface area is 136 Å². The fourth-order valence-electron chi connectivity index (χ4n) is 3.04. The summed E-state index contributed by atoms with van der Waals surface area (Å²) in [6, 6.07) is 7.70. The standard InChI is InChI=1S/C17H22N2O4/c1-22-15-4-2-3-13(9-15)10-18-6-7-19(11-16(18)20)17(21)14-5-8-23-12-14/h2-4,9,14H,5-8,10-12H2,1H3/t14-/m0/s1. The van der Waals surface area contributed by atoms with E-state index in [2.05, 4.69) is 0 Å². The van der Waals surface area contributed by atoms with E-state index in [-0.39, 0.29) is 24.3 Å². The molecule has 6 nitrogen and oxygen atoms in total. The van der Waals surface area contributed by atoms with Crippen molar-refractivity contribution in [2.45, 2.75) is 13.0 Å². The molecule has 2 aliphatic rings. The van der Waals surface area contributed by atoms with Gasteiger partial charge in [0, 0.05) is 26.2 Å². The van der Waals surface area contributed by atoms with E-state index in [1.165, 1.54) is 0 Å². The zero-order valence-electron chi connectivity index (χ0n) is 13.4. The number of benzene rings is 1. The van der Waals surface area contributed by atoms with E-state index in [0.29, 0.717) is 32.8 Å². The van der Waals surface area contributed by atoms with E-state index in [1.54, 1.807) is 16.9 Å². The molecule has 2 saturated heterocycles. The van der Waals surface area contributed by atoms with E-state index in [4.69, 9.17) is 9.47 Å². The van der Waals surface area contributed by atoms with Crippen LogP contribution in [-0.2, 0) is 20.9 Å². The molecule has 2 aliphatic heterocycles. The van der Waals surface area contributed by atoms with Crippen molar-refractivity contribution in [3.63, 3.8) is 0 Å². The van der Waals surface area contributed by atoms with Crippen molar-refractivity contribution < 1.29 is 19.1 Å². The van der Waals surface area contributed by atoms with Crippen LogP contribution < -0.4 is 4.74 Å². The van der Waals surface area contributed by atoms with Gasteiger partial charge < -0.3 is 19.3 Å². The molecule has 0 spiro atoms. The van der Waals surface area contributed by atoms with Gasteiger partial charge in [0.1, 0.15) is 5.75 Å². The Morgan fingerprint density at radius 2 is 2.26 bits per heavy atom. The lowest BCUT2D eigenvalue weighted by Crippen LogP contribution is -2.53. The van der Waals surface area contributed by atoms with Gasteiger partial charge in [-0.25, -0.2) is 0 Å². The van der Waals surface area contributed by atoms with E-state index in [1.807, 2.05) is 24.3 Å². The first-order valence-corrected chi connectivity index (χ1v) is 7.94. The predicted molar refractivity (Wildman–Crippen MR) is 83.9 cm³/mol. The van der Waals surface area contributed by atoms with Crippen LogP contribution in [0.5, 0.6) is 5.75 Å². The van der Waals surface area contributed by atoms with Crippen LogP contribution in [0.25, 0.3) is 0 Å². The molecule has 1 aromatic carbocycles. The Morgan fingerprint density at radius 3 is 2.96 bits per heavy atom. The third-order valence-electron chi connectivity index (χ3n) is 4.42. The second-order valence-corrected chi connectivity index (χ2v) is 5.99. The molecule has 6 heteroatoms. The number of carbonyl (C=O) groups is 2. The van der Waals surface area contributed by atoms with Gasteiger partial charge in [-0.2, -0.15) is 0 Å². The second-order valence-electron chi connectivity index (χ2n) is 5.99. The summed E-state index contributed by atoms with van der Waals surface area (Å²) in [4.78, 5) is 28.2. The maximum absolute atomic E-state index is 12.4. The number of piperazine rings is 1. The summed E-state index contributed by atoms with van der Waals surface area (Å²) < 4.78 is 10.5. The highest BCUT2D eigenvalue weighted by atomic mass is 16.5. The molecule has 2 amide bonds. The first-order valence-electron chi connectivity index (χ1n) is 7.94. The fraction of sp³-hybridized carbons (Fsp3) is 0.529. The monoisotopic (exact) mass is 318 g/mol. The molecule has 23 heavy (non-hydrogen) atoms. The molecule has 0 aliphatic carbocycles. The van der Waals surface area contributed by atoms with Crippen molar-refractivity contribution >= 4 is 11.8 Å². The first-order chi connectivity index (χ1) is 11.2. The summed E-state index contributed by atoms with van der Waals surface area (Å²) in [5.41, 5.74) is 1.03. The van der Waals surface area contributed by atoms with Crippen molar-refractivity contribution in [3.05, 3.63) is 29.8 Å². The minimum atomic E-state index is -0.0762. The molecular formula is C17H22N2O4. The second kappa shape index (κ2) is 7.00. The van der Waals surface area contributed by atoms with Crippen LogP contribution in [0.1, 0.15) is 12.0 Å². The average Bonchev–Trinajstić information content (AvgIpc) is 3.11. The molecule has 1 atom stereocenters. The Bertz CT molecular complexity index is 584. The first kappa shape index (κ1) is 15.8. The highest BCUT2D eigenvalue weighted by molar-refractivity contribution is 5.87. The summed E-state index contributed by atoms with van der Waals surface area (Å²) in [6.07, 6.45) is 0.761. The smallest absolute Gasteiger partial charge is 0.242 e. The van der Waals surface area contributed by atoms with Crippen LogP contribution >= 0.6 is 0 Å². The lowest BCUT2D eigenvalue weighted by atomic mass is 10.1. The van der Waals surface area contributed by atoms with Gasteiger partial charge in [-0.05, 0) is 24.1 Å². The van der Waals surface area contributed by atoms with Gasteiger partial charge in [0.2, 0.25) is 11.8 Å². The lowest BCUT2D eigenvalue weighted by Gasteiger charge is -2.35. The molecule has 0 saturated carbocycles. The number of ether oxygens (including phenoxy) is 2. The number of hydrogen-bond donors (Lipinski definition) is 0. The predicted octanol–water partition coefficient (Wildman–Crippen LogP) is 0.902. The topological polar surface area (TPSA) is 59.1 Å². The molecule has 124 valence electrons. The number of hydrogen-bond acceptors (Lipinski definition) is 4. The quantitative estimate of drug-likeness (QED) is 0.828. The third-order valence-corrected chi connectivity index (χ3v) is 4.42. The zero-order chi connectivity index (χ0) is 16.2. The van der Waals surface area contributed by atoms with Crippen LogP contribution in [-0.4, -0.2) is 61.6 Å². The van der Waals surface area contributed by atoms with Gasteiger partial charge in [0.15, 0.2) is 0 Å². The van der Waals surface area contributed by atoms with Crippen molar-refractivity contribution in [2.24, 2.45) is 5.92 Å². The number of nitrogens with zero attached hydrogens (tertiary/aromatic N) is 2. The van der Waals surface area contributed by atoms with Crippen LogP contribution in [0, 0.1) is 5.92 Å².